The van der Waals surface area contributed by atoms with Crippen LogP contribution in [0.3, 0.4) is 0 Å². The molecule has 1 saturated heterocycles. The Morgan fingerprint density at radius 1 is 0.917 bits per heavy atom. The number of rotatable bonds is 9. The Balaban J connectivity index is 1.63. The Kier molecular flexibility index (Phi) is 7.74. The molecule has 3 atom stereocenters. The van der Waals surface area contributed by atoms with Gasteiger partial charge in [-0.3, -0.25) is 4.79 Å². The van der Waals surface area contributed by atoms with E-state index in [2.05, 4.69) is 111 Å². The molecule has 0 aromatic heterocycles. The van der Waals surface area contributed by atoms with Crippen molar-refractivity contribution in [2.45, 2.75) is 45.3 Å². The van der Waals surface area contributed by atoms with Crippen LogP contribution in [0.1, 0.15) is 45.8 Å². The summed E-state index contributed by atoms with van der Waals surface area (Å²) in [6.07, 6.45) is 2.31. The van der Waals surface area contributed by atoms with Crippen LogP contribution in [0.4, 0.5) is 0 Å². The normalized spacial score (nSPS) is 19.6. The van der Waals surface area contributed by atoms with E-state index < -0.39 is 13.7 Å². The van der Waals surface area contributed by atoms with E-state index in [0.717, 1.165) is 10.0 Å². The van der Waals surface area contributed by atoms with Gasteiger partial charge in [-0.15, -0.1) is 6.58 Å². The monoisotopic (exact) mass is 562 g/mol. The molecule has 188 valence electrons. The van der Waals surface area contributed by atoms with E-state index >= 15 is 0 Å². The standard InChI is InChI=1S/C31H35BrO3Si/c1-6-31(5,27-28(35-29(27)33)23-17-19-24(32)20-18-23)21-22-34-36(30(2,3)4,25-13-9-7-10-14-25)26-15-11-8-12-16-26/h6-20,27-28H,1,21-22H2,2-5H3/t27-,28-,31-/m0/s1. The highest BCUT2D eigenvalue weighted by Gasteiger charge is 2.54. The topological polar surface area (TPSA) is 35.5 Å². The molecule has 4 rings (SSSR count). The van der Waals surface area contributed by atoms with Crippen molar-refractivity contribution in [3.05, 3.63) is 108 Å². The van der Waals surface area contributed by atoms with E-state index in [1.165, 1.54) is 10.4 Å². The van der Waals surface area contributed by atoms with Gasteiger partial charge < -0.3 is 9.16 Å². The zero-order chi connectivity index (χ0) is 26.0. The first-order chi connectivity index (χ1) is 17.1. The van der Waals surface area contributed by atoms with Gasteiger partial charge in [0.05, 0.1) is 0 Å². The van der Waals surface area contributed by atoms with Crippen molar-refractivity contribution in [1.29, 1.82) is 0 Å². The van der Waals surface area contributed by atoms with Crippen molar-refractivity contribution in [3.8, 4) is 0 Å². The quantitative estimate of drug-likeness (QED) is 0.163. The molecule has 0 amide bonds. The second-order valence-corrected chi connectivity index (χ2v) is 16.1. The number of halogens is 1. The number of carbonyl (C=O) groups excluding carboxylic acids is 1. The SMILES string of the molecule is C=C[C@@](C)(CCO[Si](c1ccccc1)(c1ccccc1)C(C)(C)C)[C@@H]1C(=O)O[C@H]1c1ccc(Br)cc1. The second kappa shape index (κ2) is 10.5. The van der Waals surface area contributed by atoms with Gasteiger partial charge in [0.1, 0.15) is 12.0 Å². The molecule has 1 fully saturated rings. The maximum Gasteiger partial charge on any atom is 0.314 e. The van der Waals surface area contributed by atoms with Gasteiger partial charge in [-0.25, -0.2) is 0 Å². The van der Waals surface area contributed by atoms with Crippen molar-refractivity contribution < 1.29 is 14.0 Å². The molecule has 3 aromatic rings. The zero-order valence-corrected chi connectivity index (χ0v) is 24.1. The van der Waals surface area contributed by atoms with E-state index in [4.69, 9.17) is 9.16 Å². The van der Waals surface area contributed by atoms with Crippen molar-refractivity contribution in [3.63, 3.8) is 0 Å². The molecule has 3 nitrogen and oxygen atoms in total. The lowest BCUT2D eigenvalue weighted by Crippen LogP contribution is -2.66. The molecule has 0 unspecified atom stereocenters. The predicted octanol–water partition coefficient (Wildman–Crippen LogP) is 6.82. The molecule has 0 radical (unpaired) electrons. The molecule has 0 spiro atoms. The molecule has 0 bridgehead atoms. The minimum Gasteiger partial charge on any atom is -0.456 e. The van der Waals surface area contributed by atoms with E-state index in [1.54, 1.807) is 0 Å². The number of hydrogen-bond acceptors (Lipinski definition) is 3. The third-order valence-corrected chi connectivity index (χ3v) is 13.1. The zero-order valence-electron chi connectivity index (χ0n) is 21.5. The molecule has 1 aliphatic rings. The van der Waals surface area contributed by atoms with Gasteiger partial charge in [0.15, 0.2) is 0 Å². The predicted molar refractivity (Wildman–Crippen MR) is 153 cm³/mol. The third kappa shape index (κ3) is 4.89. The maximum atomic E-state index is 12.7. The molecule has 0 saturated carbocycles. The molecule has 36 heavy (non-hydrogen) atoms. The van der Waals surface area contributed by atoms with Gasteiger partial charge in [-0.1, -0.05) is 122 Å². The first kappa shape index (κ1) is 26.6. The average molecular weight is 564 g/mol. The number of hydrogen-bond donors (Lipinski definition) is 0. The largest absolute Gasteiger partial charge is 0.456 e. The van der Waals surface area contributed by atoms with Crippen LogP contribution < -0.4 is 10.4 Å². The van der Waals surface area contributed by atoms with E-state index in [0.29, 0.717) is 13.0 Å². The summed E-state index contributed by atoms with van der Waals surface area (Å²) in [4.78, 5) is 12.7. The minimum absolute atomic E-state index is 0.102. The second-order valence-electron chi connectivity index (χ2n) is 10.9. The summed E-state index contributed by atoms with van der Waals surface area (Å²) in [7, 11) is -2.65. The lowest BCUT2D eigenvalue weighted by molar-refractivity contribution is -0.196. The fourth-order valence-electron chi connectivity index (χ4n) is 5.42. The fourth-order valence-corrected chi connectivity index (χ4v) is 10.2. The minimum atomic E-state index is -2.65. The van der Waals surface area contributed by atoms with Crippen LogP contribution in [0.5, 0.6) is 0 Å². The Morgan fingerprint density at radius 3 is 1.89 bits per heavy atom. The summed E-state index contributed by atoms with van der Waals surface area (Å²) in [6.45, 7) is 13.6. The van der Waals surface area contributed by atoms with Crippen LogP contribution in [0.15, 0.2) is 102 Å². The molecule has 5 heteroatoms. The lowest BCUT2D eigenvalue weighted by atomic mass is 9.68. The maximum absolute atomic E-state index is 12.7. The molecular formula is C31H35BrO3Si. The van der Waals surface area contributed by atoms with Crippen LogP contribution in [-0.4, -0.2) is 20.9 Å². The summed E-state index contributed by atoms with van der Waals surface area (Å²) in [6, 6.07) is 29.3. The van der Waals surface area contributed by atoms with E-state index in [1.807, 2.05) is 30.3 Å². The number of allylic oxidation sites excluding steroid dienone is 1. The summed E-state index contributed by atoms with van der Waals surface area (Å²) >= 11 is 3.49. The van der Waals surface area contributed by atoms with Crippen molar-refractivity contribution >= 4 is 40.6 Å². The van der Waals surface area contributed by atoms with Crippen LogP contribution in [0.25, 0.3) is 0 Å². The Hall–Kier alpha value is -2.47. The summed E-state index contributed by atoms with van der Waals surface area (Å²) < 4.78 is 13.7. The first-order valence-electron chi connectivity index (χ1n) is 12.5. The number of carbonyl (C=O) groups is 1. The van der Waals surface area contributed by atoms with Crippen molar-refractivity contribution in [2.75, 3.05) is 6.61 Å². The summed E-state index contributed by atoms with van der Waals surface area (Å²) in [5.41, 5.74) is 0.544. The van der Waals surface area contributed by atoms with Gasteiger partial charge >= 0.3 is 5.97 Å². The van der Waals surface area contributed by atoms with Gasteiger partial charge in [0.25, 0.3) is 8.32 Å². The highest BCUT2D eigenvalue weighted by molar-refractivity contribution is 9.10. The van der Waals surface area contributed by atoms with Crippen molar-refractivity contribution in [2.24, 2.45) is 11.3 Å². The first-order valence-corrected chi connectivity index (χ1v) is 15.2. The van der Waals surface area contributed by atoms with Crippen molar-refractivity contribution in [1.82, 2.24) is 0 Å². The fraction of sp³-hybridized carbons (Fsp3) is 0.323. The average Bonchev–Trinajstić information content (AvgIpc) is 2.86. The molecule has 1 aliphatic heterocycles. The Morgan fingerprint density at radius 2 is 1.44 bits per heavy atom. The molecule has 0 N–H and O–H groups in total. The van der Waals surface area contributed by atoms with E-state index in [-0.39, 0.29) is 23.0 Å². The smallest absolute Gasteiger partial charge is 0.314 e. The molecular weight excluding hydrogens is 528 g/mol. The number of cyclic esters (lactones) is 1. The van der Waals surface area contributed by atoms with Crippen LogP contribution in [0, 0.1) is 11.3 Å². The highest BCUT2D eigenvalue weighted by atomic mass is 79.9. The van der Waals surface area contributed by atoms with Gasteiger partial charge in [-0.05, 0) is 39.5 Å². The summed E-state index contributed by atoms with van der Waals surface area (Å²) in [5, 5.41) is 2.40. The Bertz CT molecular complexity index is 1150. The number of esters is 1. The van der Waals surface area contributed by atoms with Crippen LogP contribution in [-0.2, 0) is 14.0 Å². The number of benzene rings is 3. The van der Waals surface area contributed by atoms with Gasteiger partial charge in [-0.2, -0.15) is 0 Å². The van der Waals surface area contributed by atoms with Gasteiger partial charge in [0, 0.05) is 16.5 Å². The van der Waals surface area contributed by atoms with Gasteiger partial charge in [0.2, 0.25) is 0 Å². The number of ether oxygens (including phenoxy) is 1. The summed E-state index contributed by atoms with van der Waals surface area (Å²) in [5.74, 6) is -0.463. The lowest BCUT2D eigenvalue weighted by Gasteiger charge is -2.47. The van der Waals surface area contributed by atoms with Crippen LogP contribution in [0.2, 0.25) is 5.04 Å². The third-order valence-electron chi connectivity index (χ3n) is 7.55. The van der Waals surface area contributed by atoms with Crippen LogP contribution >= 0.6 is 15.9 Å². The Labute approximate surface area is 224 Å². The molecule has 3 aromatic carbocycles. The molecule has 1 heterocycles. The van der Waals surface area contributed by atoms with E-state index in [9.17, 15) is 4.79 Å². The molecule has 0 aliphatic carbocycles. The highest BCUT2D eigenvalue weighted by Crippen LogP contribution is 2.50.